The van der Waals surface area contributed by atoms with Crippen LogP contribution in [0.2, 0.25) is 0 Å². The average molecular weight is 200 g/mol. The summed E-state index contributed by atoms with van der Waals surface area (Å²) >= 11 is 0. The van der Waals surface area contributed by atoms with Crippen molar-refractivity contribution in [2.45, 2.75) is 26.4 Å². The van der Waals surface area contributed by atoms with Gasteiger partial charge in [-0.3, -0.25) is 0 Å². The van der Waals surface area contributed by atoms with Crippen LogP contribution in [-0.2, 0) is 0 Å². The smallest absolute Gasteiger partial charge is 0.0767 e. The fourth-order valence-electron chi connectivity index (χ4n) is 2.01. The van der Waals surface area contributed by atoms with Gasteiger partial charge in [0.2, 0.25) is 0 Å². The molecule has 0 aromatic heterocycles. The van der Waals surface area contributed by atoms with Crippen LogP contribution in [0.1, 0.15) is 37.5 Å². The van der Waals surface area contributed by atoms with Crippen molar-refractivity contribution in [1.29, 1.82) is 0 Å². The van der Waals surface area contributed by atoms with E-state index in [1.165, 1.54) is 16.7 Å². The zero-order valence-corrected chi connectivity index (χ0v) is 9.20. The van der Waals surface area contributed by atoms with Crippen molar-refractivity contribution in [3.63, 3.8) is 0 Å². The van der Waals surface area contributed by atoms with E-state index in [1.54, 1.807) is 0 Å². The molecular formula is C14H16O. The summed E-state index contributed by atoms with van der Waals surface area (Å²) in [4.78, 5) is 0. The monoisotopic (exact) mass is 200 g/mol. The second kappa shape index (κ2) is 4.03. The Bertz CT molecular complexity index is 425. The van der Waals surface area contributed by atoms with Gasteiger partial charge in [-0.15, -0.1) is 0 Å². The van der Waals surface area contributed by atoms with Crippen LogP contribution < -0.4 is 0 Å². The molecule has 1 unspecified atom stereocenters. The number of hydrogen-bond acceptors (Lipinski definition) is 1. The molecule has 1 heteroatoms. The van der Waals surface area contributed by atoms with E-state index in [0.717, 1.165) is 12.0 Å². The Kier molecular flexibility index (Phi) is 2.74. The van der Waals surface area contributed by atoms with Gasteiger partial charge in [0.05, 0.1) is 6.10 Å². The summed E-state index contributed by atoms with van der Waals surface area (Å²) in [5, 5.41) is 9.69. The molecule has 0 spiro atoms. The van der Waals surface area contributed by atoms with Crippen molar-refractivity contribution in [1.82, 2.24) is 0 Å². The number of aliphatic hydroxyl groups is 1. The Labute approximate surface area is 90.8 Å². The summed E-state index contributed by atoms with van der Waals surface area (Å²) in [6.45, 7) is 3.92. The molecule has 1 N–H and O–H groups in total. The number of hydrogen-bond donors (Lipinski definition) is 1. The van der Waals surface area contributed by atoms with E-state index >= 15 is 0 Å². The summed E-state index contributed by atoms with van der Waals surface area (Å²) in [5.41, 5.74) is 4.82. The van der Waals surface area contributed by atoms with E-state index in [-0.39, 0.29) is 0 Å². The predicted octanol–water partition coefficient (Wildman–Crippen LogP) is 3.47. The fraction of sp³-hybridized carbons (Fsp3) is 0.286. The molecule has 1 nitrogen and oxygen atoms in total. The zero-order valence-electron chi connectivity index (χ0n) is 9.20. The summed E-state index contributed by atoms with van der Waals surface area (Å²) in [5.74, 6) is 0. The van der Waals surface area contributed by atoms with Gasteiger partial charge in [0.1, 0.15) is 0 Å². The number of rotatable bonds is 2. The van der Waals surface area contributed by atoms with Crippen LogP contribution in [-0.4, -0.2) is 5.11 Å². The quantitative estimate of drug-likeness (QED) is 0.775. The van der Waals surface area contributed by atoms with Gasteiger partial charge >= 0.3 is 0 Å². The van der Waals surface area contributed by atoms with E-state index in [2.05, 4.69) is 25.1 Å². The maximum absolute atomic E-state index is 9.69. The maximum atomic E-state index is 9.69. The molecular weight excluding hydrogens is 184 g/mol. The van der Waals surface area contributed by atoms with Crippen LogP contribution in [0.5, 0.6) is 0 Å². The first-order chi connectivity index (χ1) is 7.18. The molecule has 0 bridgehead atoms. The third kappa shape index (κ3) is 2.02. The second-order valence-corrected chi connectivity index (χ2v) is 4.09. The molecule has 15 heavy (non-hydrogen) atoms. The minimum absolute atomic E-state index is 0.400. The molecule has 1 aromatic carbocycles. The first-order valence-electron chi connectivity index (χ1n) is 5.33. The van der Waals surface area contributed by atoms with Crippen LogP contribution in [0, 0.1) is 0 Å². The van der Waals surface area contributed by atoms with Crippen molar-refractivity contribution in [2.24, 2.45) is 0 Å². The van der Waals surface area contributed by atoms with Gasteiger partial charge in [0.25, 0.3) is 0 Å². The van der Waals surface area contributed by atoms with Gasteiger partial charge in [-0.1, -0.05) is 42.0 Å². The number of allylic oxidation sites excluding steroid dienone is 4. The molecule has 1 aliphatic rings. The lowest BCUT2D eigenvalue weighted by molar-refractivity contribution is 0.199. The Morgan fingerprint density at radius 2 is 2.00 bits per heavy atom. The van der Waals surface area contributed by atoms with Crippen molar-refractivity contribution >= 4 is 5.57 Å². The third-order valence-electron chi connectivity index (χ3n) is 2.80. The minimum Gasteiger partial charge on any atom is -0.389 e. The van der Waals surface area contributed by atoms with Crippen molar-refractivity contribution in [3.05, 3.63) is 53.1 Å². The van der Waals surface area contributed by atoms with Crippen LogP contribution in [0.15, 0.2) is 42.0 Å². The lowest BCUT2D eigenvalue weighted by Gasteiger charge is -2.12. The SMILES string of the molecule is CC1=CCC(c2ccccc2C(C)O)=C1. The van der Waals surface area contributed by atoms with Gasteiger partial charge in [-0.25, -0.2) is 0 Å². The first-order valence-corrected chi connectivity index (χ1v) is 5.33. The second-order valence-electron chi connectivity index (χ2n) is 4.09. The third-order valence-corrected chi connectivity index (χ3v) is 2.80. The highest BCUT2D eigenvalue weighted by atomic mass is 16.3. The van der Waals surface area contributed by atoms with Gasteiger partial charge in [0.15, 0.2) is 0 Å². The molecule has 0 saturated heterocycles. The van der Waals surface area contributed by atoms with E-state index in [9.17, 15) is 5.11 Å². The molecule has 0 heterocycles. The highest BCUT2D eigenvalue weighted by molar-refractivity contribution is 5.74. The molecule has 78 valence electrons. The molecule has 0 radical (unpaired) electrons. The fourth-order valence-corrected chi connectivity index (χ4v) is 2.01. The Balaban J connectivity index is 2.41. The molecule has 0 saturated carbocycles. The van der Waals surface area contributed by atoms with E-state index in [1.807, 2.05) is 25.1 Å². The zero-order chi connectivity index (χ0) is 10.8. The molecule has 2 rings (SSSR count). The van der Waals surface area contributed by atoms with Crippen molar-refractivity contribution in [2.75, 3.05) is 0 Å². The van der Waals surface area contributed by atoms with Gasteiger partial charge < -0.3 is 5.11 Å². The first kappa shape index (κ1) is 10.2. The Hall–Kier alpha value is -1.34. The molecule has 1 aliphatic carbocycles. The maximum Gasteiger partial charge on any atom is 0.0767 e. The summed E-state index contributed by atoms with van der Waals surface area (Å²) in [7, 11) is 0. The summed E-state index contributed by atoms with van der Waals surface area (Å²) < 4.78 is 0. The van der Waals surface area contributed by atoms with Gasteiger partial charge in [-0.05, 0) is 37.0 Å². The van der Waals surface area contributed by atoms with Crippen LogP contribution >= 0.6 is 0 Å². The molecule has 0 amide bonds. The predicted molar refractivity (Wildman–Crippen MR) is 63.4 cm³/mol. The van der Waals surface area contributed by atoms with Crippen LogP contribution in [0.3, 0.4) is 0 Å². The Morgan fingerprint density at radius 3 is 2.60 bits per heavy atom. The van der Waals surface area contributed by atoms with Crippen molar-refractivity contribution < 1.29 is 5.11 Å². The van der Waals surface area contributed by atoms with Crippen molar-refractivity contribution in [3.8, 4) is 0 Å². The van der Waals surface area contributed by atoms with E-state index in [0.29, 0.717) is 0 Å². The number of aliphatic hydroxyl groups excluding tert-OH is 1. The summed E-state index contributed by atoms with van der Waals surface area (Å²) in [6, 6.07) is 8.08. The molecule has 0 aliphatic heterocycles. The van der Waals surface area contributed by atoms with E-state index in [4.69, 9.17) is 0 Å². The standard InChI is InChI=1S/C14H16O/c1-10-7-8-12(9-10)14-6-4-3-5-13(14)11(2)15/h3-7,9,11,15H,8H2,1-2H3. The normalized spacial score (nSPS) is 17.3. The van der Waals surface area contributed by atoms with Gasteiger partial charge in [-0.2, -0.15) is 0 Å². The van der Waals surface area contributed by atoms with E-state index < -0.39 is 6.10 Å². The number of benzene rings is 1. The van der Waals surface area contributed by atoms with Crippen LogP contribution in [0.25, 0.3) is 5.57 Å². The Morgan fingerprint density at radius 1 is 1.27 bits per heavy atom. The average Bonchev–Trinajstić information content (AvgIpc) is 2.65. The van der Waals surface area contributed by atoms with Crippen LogP contribution in [0.4, 0.5) is 0 Å². The highest BCUT2D eigenvalue weighted by Gasteiger charge is 2.12. The highest BCUT2D eigenvalue weighted by Crippen LogP contribution is 2.31. The topological polar surface area (TPSA) is 20.2 Å². The largest absolute Gasteiger partial charge is 0.389 e. The van der Waals surface area contributed by atoms with Gasteiger partial charge in [0, 0.05) is 0 Å². The molecule has 0 fully saturated rings. The summed E-state index contributed by atoms with van der Waals surface area (Å²) in [6.07, 6.45) is 4.99. The molecule has 1 aromatic rings. The minimum atomic E-state index is -0.400. The molecule has 1 atom stereocenters. The lowest BCUT2D eigenvalue weighted by atomic mass is 9.96. The lowest BCUT2D eigenvalue weighted by Crippen LogP contribution is -1.96.